The average Bonchev–Trinajstić information content (AvgIpc) is 1.89. The summed E-state index contributed by atoms with van der Waals surface area (Å²) in [7, 11) is 0. The molecule has 0 amide bonds. The predicted molar refractivity (Wildman–Crippen MR) is 36.7 cm³/mol. The van der Waals surface area contributed by atoms with Crippen LogP contribution in [-0.4, -0.2) is 22.8 Å². The summed E-state index contributed by atoms with van der Waals surface area (Å²) in [6, 6.07) is 0. The summed E-state index contributed by atoms with van der Waals surface area (Å²) in [6.07, 6.45) is 6.97. The molecule has 0 saturated carbocycles. The lowest BCUT2D eigenvalue weighted by Crippen LogP contribution is -2.29. The lowest BCUT2D eigenvalue weighted by atomic mass is 10.3. The van der Waals surface area contributed by atoms with Crippen molar-refractivity contribution in [1.82, 2.24) is 4.90 Å². The van der Waals surface area contributed by atoms with Crippen LogP contribution in [0.1, 0.15) is 6.92 Å². The first-order valence-corrected chi connectivity index (χ1v) is 3.13. The average molecular weight is 125 g/mol. The normalized spacial score (nSPS) is 25.1. The molecule has 0 aromatic rings. The molecule has 0 spiro atoms. The van der Waals surface area contributed by atoms with Gasteiger partial charge in [-0.2, -0.15) is 0 Å². The van der Waals surface area contributed by atoms with Gasteiger partial charge in [0.2, 0.25) is 0 Å². The van der Waals surface area contributed by atoms with Gasteiger partial charge in [0.1, 0.15) is 6.23 Å². The van der Waals surface area contributed by atoms with Gasteiger partial charge in [-0.3, -0.25) is 0 Å². The molecule has 1 unspecified atom stereocenters. The molecule has 2 nitrogen and oxygen atoms in total. The SMILES string of the molecule is CCN1C=CC=CC1O. The van der Waals surface area contributed by atoms with Crippen molar-refractivity contribution in [3.63, 3.8) is 0 Å². The molecule has 0 bridgehead atoms. The zero-order valence-electron chi connectivity index (χ0n) is 5.49. The number of nitrogens with zero attached hydrogens (tertiary/aromatic N) is 1. The van der Waals surface area contributed by atoms with Gasteiger partial charge in [0.15, 0.2) is 0 Å². The third-order valence-electron chi connectivity index (χ3n) is 1.38. The Kier molecular flexibility index (Phi) is 1.90. The predicted octanol–water partition coefficient (Wildman–Crippen LogP) is 0.710. The summed E-state index contributed by atoms with van der Waals surface area (Å²) in [5.41, 5.74) is 0. The van der Waals surface area contributed by atoms with Crippen LogP contribution in [0, 0.1) is 0 Å². The largest absolute Gasteiger partial charge is 0.370 e. The molecular weight excluding hydrogens is 114 g/mol. The molecule has 0 fully saturated rings. The van der Waals surface area contributed by atoms with Gasteiger partial charge in [-0.1, -0.05) is 6.08 Å². The number of hydrogen-bond acceptors (Lipinski definition) is 2. The molecule has 1 N–H and O–H groups in total. The third kappa shape index (κ3) is 1.33. The van der Waals surface area contributed by atoms with Crippen molar-refractivity contribution in [3.05, 3.63) is 24.4 Å². The Morgan fingerprint density at radius 3 is 2.78 bits per heavy atom. The van der Waals surface area contributed by atoms with Gasteiger partial charge in [0, 0.05) is 12.7 Å². The molecule has 9 heavy (non-hydrogen) atoms. The number of hydrogen-bond donors (Lipinski definition) is 1. The molecule has 2 heteroatoms. The van der Waals surface area contributed by atoms with Gasteiger partial charge in [-0.25, -0.2) is 0 Å². The van der Waals surface area contributed by atoms with Crippen LogP contribution in [0.25, 0.3) is 0 Å². The molecule has 1 rings (SSSR count). The summed E-state index contributed by atoms with van der Waals surface area (Å²) >= 11 is 0. The fourth-order valence-corrected chi connectivity index (χ4v) is 0.815. The Balaban J connectivity index is 2.55. The molecule has 0 aliphatic carbocycles. The van der Waals surface area contributed by atoms with E-state index >= 15 is 0 Å². The summed E-state index contributed by atoms with van der Waals surface area (Å²) in [4.78, 5) is 1.85. The Hall–Kier alpha value is -0.760. The summed E-state index contributed by atoms with van der Waals surface area (Å²) < 4.78 is 0. The number of rotatable bonds is 1. The standard InChI is InChI=1S/C7H11NO/c1-2-8-6-4-3-5-7(8)9/h3-7,9H,2H2,1H3. The number of likely N-dealkylation sites (N-methyl/N-ethyl adjacent to an activating group) is 1. The monoisotopic (exact) mass is 125 g/mol. The van der Waals surface area contributed by atoms with E-state index in [0.717, 1.165) is 6.54 Å². The highest BCUT2D eigenvalue weighted by Crippen LogP contribution is 2.03. The second kappa shape index (κ2) is 2.69. The second-order valence-electron chi connectivity index (χ2n) is 1.97. The zero-order valence-corrected chi connectivity index (χ0v) is 5.49. The third-order valence-corrected chi connectivity index (χ3v) is 1.38. The van der Waals surface area contributed by atoms with Crippen molar-refractivity contribution in [1.29, 1.82) is 0 Å². The van der Waals surface area contributed by atoms with Crippen molar-refractivity contribution in [3.8, 4) is 0 Å². The molecule has 1 heterocycles. The summed E-state index contributed by atoms with van der Waals surface area (Å²) in [6.45, 7) is 2.86. The molecule has 0 aromatic carbocycles. The Morgan fingerprint density at radius 1 is 1.56 bits per heavy atom. The second-order valence-corrected chi connectivity index (χ2v) is 1.97. The van der Waals surface area contributed by atoms with Crippen LogP contribution in [-0.2, 0) is 0 Å². The van der Waals surface area contributed by atoms with Crippen LogP contribution < -0.4 is 0 Å². The van der Waals surface area contributed by atoms with E-state index in [1.807, 2.05) is 30.2 Å². The maximum absolute atomic E-state index is 9.16. The zero-order chi connectivity index (χ0) is 6.69. The number of allylic oxidation sites excluding steroid dienone is 2. The fraction of sp³-hybridized carbons (Fsp3) is 0.429. The minimum absolute atomic E-state index is 0.417. The lowest BCUT2D eigenvalue weighted by molar-refractivity contribution is 0.0818. The van der Waals surface area contributed by atoms with Crippen LogP contribution in [0.5, 0.6) is 0 Å². The van der Waals surface area contributed by atoms with Crippen molar-refractivity contribution in [2.45, 2.75) is 13.2 Å². The van der Waals surface area contributed by atoms with E-state index in [-0.39, 0.29) is 0 Å². The number of aliphatic hydroxyl groups excluding tert-OH is 1. The van der Waals surface area contributed by atoms with Gasteiger partial charge < -0.3 is 10.0 Å². The van der Waals surface area contributed by atoms with E-state index in [4.69, 9.17) is 5.11 Å². The first kappa shape index (κ1) is 6.36. The first-order valence-electron chi connectivity index (χ1n) is 3.13. The smallest absolute Gasteiger partial charge is 0.146 e. The Morgan fingerprint density at radius 2 is 2.33 bits per heavy atom. The summed E-state index contributed by atoms with van der Waals surface area (Å²) in [5.74, 6) is 0. The van der Waals surface area contributed by atoms with E-state index in [1.54, 1.807) is 6.08 Å². The molecule has 1 atom stereocenters. The highest BCUT2D eigenvalue weighted by Gasteiger charge is 2.06. The quantitative estimate of drug-likeness (QED) is 0.558. The first-order chi connectivity index (χ1) is 4.34. The van der Waals surface area contributed by atoms with E-state index in [9.17, 15) is 0 Å². The Bertz CT molecular complexity index is 140. The minimum atomic E-state index is -0.417. The van der Waals surface area contributed by atoms with Crippen LogP contribution in [0.4, 0.5) is 0 Å². The minimum Gasteiger partial charge on any atom is -0.370 e. The maximum Gasteiger partial charge on any atom is 0.146 e. The molecule has 1 aliphatic rings. The van der Waals surface area contributed by atoms with Crippen molar-refractivity contribution in [2.24, 2.45) is 0 Å². The van der Waals surface area contributed by atoms with Gasteiger partial charge >= 0.3 is 0 Å². The topological polar surface area (TPSA) is 23.5 Å². The van der Waals surface area contributed by atoms with Crippen LogP contribution in [0.15, 0.2) is 24.4 Å². The van der Waals surface area contributed by atoms with Gasteiger partial charge in [-0.15, -0.1) is 0 Å². The Labute approximate surface area is 55.1 Å². The number of aliphatic hydroxyl groups is 1. The molecule has 0 aromatic heterocycles. The summed E-state index contributed by atoms with van der Waals surface area (Å²) in [5, 5.41) is 9.16. The lowest BCUT2D eigenvalue weighted by Gasteiger charge is -2.23. The molecular formula is C7H11NO. The van der Waals surface area contributed by atoms with Crippen molar-refractivity contribution >= 4 is 0 Å². The highest BCUT2D eigenvalue weighted by molar-refractivity contribution is 5.10. The van der Waals surface area contributed by atoms with Gasteiger partial charge in [0.25, 0.3) is 0 Å². The van der Waals surface area contributed by atoms with Crippen LogP contribution in [0.3, 0.4) is 0 Å². The van der Waals surface area contributed by atoms with Crippen molar-refractivity contribution in [2.75, 3.05) is 6.54 Å². The van der Waals surface area contributed by atoms with Crippen LogP contribution in [0.2, 0.25) is 0 Å². The van der Waals surface area contributed by atoms with E-state index in [1.165, 1.54) is 0 Å². The van der Waals surface area contributed by atoms with E-state index in [0.29, 0.717) is 0 Å². The highest BCUT2D eigenvalue weighted by atomic mass is 16.3. The molecule has 50 valence electrons. The van der Waals surface area contributed by atoms with Gasteiger partial charge in [-0.05, 0) is 19.1 Å². The van der Waals surface area contributed by atoms with E-state index in [2.05, 4.69) is 0 Å². The van der Waals surface area contributed by atoms with E-state index < -0.39 is 6.23 Å². The molecule has 0 saturated heterocycles. The molecule has 1 aliphatic heterocycles. The van der Waals surface area contributed by atoms with Crippen LogP contribution >= 0.6 is 0 Å². The molecule has 0 radical (unpaired) electrons. The van der Waals surface area contributed by atoms with Gasteiger partial charge in [0.05, 0.1) is 0 Å². The maximum atomic E-state index is 9.16. The van der Waals surface area contributed by atoms with Crippen molar-refractivity contribution < 1.29 is 5.11 Å². The fourth-order valence-electron chi connectivity index (χ4n) is 0.815.